The van der Waals surface area contributed by atoms with Gasteiger partial charge in [0.25, 0.3) is 0 Å². The van der Waals surface area contributed by atoms with Gasteiger partial charge in [0.15, 0.2) is 0 Å². The summed E-state index contributed by atoms with van der Waals surface area (Å²) in [4.78, 5) is 2.53. The summed E-state index contributed by atoms with van der Waals surface area (Å²) in [7, 11) is 0. The largest absolute Gasteiger partial charge is 0.377 e. The van der Waals surface area contributed by atoms with E-state index in [4.69, 9.17) is 10.5 Å². The fourth-order valence-electron chi connectivity index (χ4n) is 3.43. The Morgan fingerprint density at radius 1 is 1.11 bits per heavy atom. The van der Waals surface area contributed by atoms with Crippen LogP contribution in [0.1, 0.15) is 58.8 Å². The summed E-state index contributed by atoms with van der Waals surface area (Å²) in [5.41, 5.74) is 6.43. The third-order valence-electron chi connectivity index (χ3n) is 4.95. The van der Waals surface area contributed by atoms with Gasteiger partial charge in [-0.2, -0.15) is 0 Å². The average Bonchev–Trinajstić information content (AvgIpc) is 2.62. The van der Waals surface area contributed by atoms with Gasteiger partial charge in [-0.25, -0.2) is 0 Å². The first-order chi connectivity index (χ1) is 9.08. The molecular formula is C16H32N2O. The van der Waals surface area contributed by atoms with Gasteiger partial charge in [-0.05, 0) is 31.2 Å². The first kappa shape index (κ1) is 15.3. The molecule has 2 aliphatic rings. The summed E-state index contributed by atoms with van der Waals surface area (Å²) in [5.74, 6) is 0. The predicted molar refractivity (Wildman–Crippen MR) is 80.3 cm³/mol. The number of nitrogens with two attached hydrogens (primary N) is 1. The molecule has 0 radical (unpaired) electrons. The molecule has 1 heterocycles. The molecule has 112 valence electrons. The minimum atomic E-state index is 0.251. The van der Waals surface area contributed by atoms with E-state index in [0.29, 0.717) is 12.1 Å². The zero-order valence-corrected chi connectivity index (χ0v) is 12.9. The van der Waals surface area contributed by atoms with Gasteiger partial charge >= 0.3 is 0 Å². The Labute approximate surface area is 118 Å². The Hall–Kier alpha value is -0.120. The van der Waals surface area contributed by atoms with Gasteiger partial charge in [-0.3, -0.25) is 0 Å². The predicted octanol–water partition coefficient (Wildman–Crippen LogP) is 2.79. The van der Waals surface area contributed by atoms with E-state index in [-0.39, 0.29) is 5.41 Å². The van der Waals surface area contributed by atoms with Crippen molar-refractivity contribution in [2.45, 2.75) is 70.9 Å². The van der Waals surface area contributed by atoms with Crippen LogP contribution in [0.25, 0.3) is 0 Å². The molecule has 0 amide bonds. The Kier molecular flexibility index (Phi) is 5.67. The van der Waals surface area contributed by atoms with E-state index < -0.39 is 0 Å². The molecule has 1 saturated heterocycles. The SMILES string of the molecule is CC1(C)CN(CCOC2CCCCCC2)CCC1N. The molecule has 1 aliphatic heterocycles. The second-order valence-electron chi connectivity index (χ2n) is 7.14. The molecule has 3 heteroatoms. The zero-order valence-electron chi connectivity index (χ0n) is 12.9. The molecule has 0 bridgehead atoms. The highest BCUT2D eigenvalue weighted by atomic mass is 16.5. The summed E-state index contributed by atoms with van der Waals surface area (Å²) in [5, 5.41) is 0. The van der Waals surface area contributed by atoms with E-state index >= 15 is 0 Å². The molecule has 0 aromatic rings. The summed E-state index contributed by atoms with van der Waals surface area (Å²) in [6, 6.07) is 0.353. The van der Waals surface area contributed by atoms with Crippen molar-refractivity contribution in [1.82, 2.24) is 4.90 Å². The summed E-state index contributed by atoms with van der Waals surface area (Å²) < 4.78 is 6.09. The van der Waals surface area contributed by atoms with Crippen LogP contribution >= 0.6 is 0 Å². The second-order valence-corrected chi connectivity index (χ2v) is 7.14. The van der Waals surface area contributed by atoms with Crippen molar-refractivity contribution in [1.29, 1.82) is 0 Å². The highest BCUT2D eigenvalue weighted by Gasteiger charge is 2.33. The zero-order chi connectivity index (χ0) is 13.7. The van der Waals surface area contributed by atoms with Crippen LogP contribution in [0.15, 0.2) is 0 Å². The van der Waals surface area contributed by atoms with Crippen LogP contribution in [-0.2, 0) is 4.74 Å². The molecule has 0 spiro atoms. The third-order valence-corrected chi connectivity index (χ3v) is 4.95. The maximum Gasteiger partial charge on any atom is 0.0597 e. The van der Waals surface area contributed by atoms with Crippen molar-refractivity contribution in [2.24, 2.45) is 11.1 Å². The van der Waals surface area contributed by atoms with Crippen LogP contribution < -0.4 is 5.73 Å². The van der Waals surface area contributed by atoms with Crippen LogP contribution in [0.4, 0.5) is 0 Å². The van der Waals surface area contributed by atoms with Crippen molar-refractivity contribution in [3.05, 3.63) is 0 Å². The van der Waals surface area contributed by atoms with E-state index in [1.165, 1.54) is 38.5 Å². The van der Waals surface area contributed by atoms with Crippen LogP contribution in [0, 0.1) is 5.41 Å². The molecule has 1 aliphatic carbocycles. The number of likely N-dealkylation sites (tertiary alicyclic amines) is 1. The number of ether oxygens (including phenoxy) is 1. The van der Waals surface area contributed by atoms with Crippen molar-refractivity contribution < 1.29 is 4.74 Å². The Balaban J connectivity index is 1.65. The monoisotopic (exact) mass is 268 g/mol. The molecule has 19 heavy (non-hydrogen) atoms. The van der Waals surface area contributed by atoms with E-state index in [1.807, 2.05) is 0 Å². The standard InChI is InChI=1S/C16H32N2O/c1-16(2)13-18(10-9-15(16)17)11-12-19-14-7-5-3-4-6-8-14/h14-15H,3-13,17H2,1-2H3. The third kappa shape index (κ3) is 4.73. The molecule has 2 fully saturated rings. The van der Waals surface area contributed by atoms with E-state index in [0.717, 1.165) is 32.7 Å². The van der Waals surface area contributed by atoms with Crippen LogP contribution in [0.3, 0.4) is 0 Å². The lowest BCUT2D eigenvalue weighted by Crippen LogP contribution is -2.53. The Morgan fingerprint density at radius 3 is 2.42 bits per heavy atom. The lowest BCUT2D eigenvalue weighted by atomic mass is 9.80. The quantitative estimate of drug-likeness (QED) is 0.797. The molecular weight excluding hydrogens is 236 g/mol. The highest BCUT2D eigenvalue weighted by molar-refractivity contribution is 4.89. The van der Waals surface area contributed by atoms with E-state index in [1.54, 1.807) is 0 Å². The smallest absolute Gasteiger partial charge is 0.0597 e. The maximum absolute atomic E-state index is 6.18. The fraction of sp³-hybridized carbons (Fsp3) is 1.00. The van der Waals surface area contributed by atoms with Crippen molar-refractivity contribution in [3.8, 4) is 0 Å². The normalized spacial score (nSPS) is 30.2. The fourth-order valence-corrected chi connectivity index (χ4v) is 3.43. The minimum Gasteiger partial charge on any atom is -0.377 e. The molecule has 0 aromatic heterocycles. The van der Waals surface area contributed by atoms with Crippen molar-refractivity contribution >= 4 is 0 Å². The second kappa shape index (κ2) is 7.05. The Morgan fingerprint density at radius 2 is 1.79 bits per heavy atom. The summed E-state index contributed by atoms with van der Waals surface area (Å²) in [6.07, 6.45) is 9.72. The first-order valence-corrected chi connectivity index (χ1v) is 8.17. The summed E-state index contributed by atoms with van der Waals surface area (Å²) in [6.45, 7) is 8.80. The average molecular weight is 268 g/mol. The number of hydrogen-bond donors (Lipinski definition) is 1. The van der Waals surface area contributed by atoms with Crippen LogP contribution in [-0.4, -0.2) is 43.3 Å². The molecule has 3 nitrogen and oxygen atoms in total. The number of rotatable bonds is 4. The van der Waals surface area contributed by atoms with Gasteiger partial charge in [0.05, 0.1) is 12.7 Å². The lowest BCUT2D eigenvalue weighted by Gasteiger charge is -2.42. The number of piperidine rings is 1. The number of nitrogens with zero attached hydrogens (tertiary/aromatic N) is 1. The first-order valence-electron chi connectivity index (χ1n) is 8.17. The highest BCUT2D eigenvalue weighted by Crippen LogP contribution is 2.27. The van der Waals surface area contributed by atoms with Crippen molar-refractivity contribution in [2.75, 3.05) is 26.2 Å². The minimum absolute atomic E-state index is 0.251. The van der Waals surface area contributed by atoms with Gasteiger partial charge in [0, 0.05) is 19.1 Å². The van der Waals surface area contributed by atoms with Gasteiger partial charge in [-0.1, -0.05) is 39.5 Å². The molecule has 2 N–H and O–H groups in total. The van der Waals surface area contributed by atoms with Gasteiger partial charge in [-0.15, -0.1) is 0 Å². The molecule has 1 saturated carbocycles. The maximum atomic E-state index is 6.18. The Bertz CT molecular complexity index is 259. The van der Waals surface area contributed by atoms with Gasteiger partial charge < -0.3 is 15.4 Å². The van der Waals surface area contributed by atoms with Gasteiger partial charge in [0.2, 0.25) is 0 Å². The van der Waals surface area contributed by atoms with Crippen LogP contribution in [0.5, 0.6) is 0 Å². The lowest BCUT2D eigenvalue weighted by molar-refractivity contribution is 0.0118. The van der Waals surface area contributed by atoms with Crippen LogP contribution in [0.2, 0.25) is 0 Å². The molecule has 0 aromatic carbocycles. The van der Waals surface area contributed by atoms with E-state index in [2.05, 4.69) is 18.7 Å². The molecule has 1 atom stereocenters. The topological polar surface area (TPSA) is 38.5 Å². The van der Waals surface area contributed by atoms with Gasteiger partial charge in [0.1, 0.15) is 0 Å². The van der Waals surface area contributed by atoms with E-state index in [9.17, 15) is 0 Å². The summed E-state index contributed by atoms with van der Waals surface area (Å²) >= 11 is 0. The molecule has 2 rings (SSSR count). The molecule has 1 unspecified atom stereocenters. The van der Waals surface area contributed by atoms with Crippen molar-refractivity contribution in [3.63, 3.8) is 0 Å². The number of hydrogen-bond acceptors (Lipinski definition) is 3.